The van der Waals surface area contributed by atoms with Crippen molar-refractivity contribution in [3.05, 3.63) is 267 Å². The van der Waals surface area contributed by atoms with E-state index in [1.807, 2.05) is 6.07 Å². The number of aromatic nitrogens is 5. The lowest BCUT2D eigenvalue weighted by Crippen LogP contribution is -2.27. The van der Waals surface area contributed by atoms with Crippen molar-refractivity contribution in [2.75, 3.05) is 0 Å². The first-order chi connectivity index (χ1) is 32.8. The quantitative estimate of drug-likeness (QED) is 0.178. The average Bonchev–Trinajstić information content (AvgIpc) is 3.92. The van der Waals surface area contributed by atoms with Gasteiger partial charge in [-0.3, -0.25) is 9.13 Å². The normalized spacial score (nSPS) is 18.0. The summed E-state index contributed by atoms with van der Waals surface area (Å²) < 4.78 is 4.59. The highest BCUT2D eigenvalue weighted by Crippen LogP contribution is 2.60. The molecule has 0 N–H and O–H groups in total. The van der Waals surface area contributed by atoms with Crippen molar-refractivity contribution in [2.24, 2.45) is 0 Å². The second-order valence-corrected chi connectivity index (χ2v) is 18.5. The van der Waals surface area contributed by atoms with E-state index in [0.717, 1.165) is 27.6 Å². The lowest BCUT2D eigenvalue weighted by atomic mass is 9.60. The molecule has 0 aliphatic heterocycles. The Labute approximate surface area is 379 Å². The fourth-order valence-corrected chi connectivity index (χ4v) is 13.1. The Balaban J connectivity index is 0.981. The molecule has 0 fully saturated rings. The third-order valence-corrected chi connectivity index (χ3v) is 15.5. The van der Waals surface area contributed by atoms with Gasteiger partial charge in [-0.15, -0.1) is 0 Å². The number of nitrogens with zero attached hydrogens (tertiary/aromatic N) is 5. The number of hydrogen-bond acceptors (Lipinski definition) is 3. The molecule has 3 heterocycles. The van der Waals surface area contributed by atoms with E-state index >= 15 is 0 Å². The highest BCUT2D eigenvalue weighted by atomic mass is 15.3. The minimum atomic E-state index is 0.117. The Kier molecular flexibility index (Phi) is 6.71. The number of para-hydroxylation sites is 2. The van der Waals surface area contributed by atoms with E-state index < -0.39 is 0 Å². The molecular formula is C61H37N5. The van der Waals surface area contributed by atoms with Gasteiger partial charge in [0, 0.05) is 50.8 Å². The second-order valence-electron chi connectivity index (χ2n) is 18.5. The summed E-state index contributed by atoms with van der Waals surface area (Å²) in [4.78, 5) is 16.5. The monoisotopic (exact) mass is 839 g/mol. The lowest BCUT2D eigenvalue weighted by Gasteiger charge is -2.42. The molecule has 0 unspecified atom stereocenters. The predicted octanol–water partition coefficient (Wildman–Crippen LogP) is 13.7. The maximum Gasteiger partial charge on any atom is 0.240 e. The number of rotatable bonds is 3. The Morgan fingerprint density at radius 3 is 1.03 bits per heavy atom. The summed E-state index contributed by atoms with van der Waals surface area (Å²) >= 11 is 0. The van der Waals surface area contributed by atoms with Crippen molar-refractivity contribution in [2.45, 2.75) is 23.7 Å². The Morgan fingerprint density at radius 2 is 0.621 bits per heavy atom. The molecule has 12 aromatic rings. The van der Waals surface area contributed by atoms with E-state index in [2.05, 4.69) is 203 Å². The molecular weight excluding hydrogens is 803 g/mol. The molecule has 5 nitrogen and oxygen atoms in total. The predicted molar refractivity (Wildman–Crippen MR) is 263 cm³/mol. The van der Waals surface area contributed by atoms with Gasteiger partial charge < -0.3 is 0 Å². The maximum atomic E-state index is 5.61. The molecule has 18 rings (SSSR count). The van der Waals surface area contributed by atoms with E-state index in [1.54, 1.807) is 0 Å². The van der Waals surface area contributed by atoms with Crippen LogP contribution in [0.25, 0.3) is 66.9 Å². The molecule has 306 valence electrons. The van der Waals surface area contributed by atoms with Gasteiger partial charge >= 0.3 is 0 Å². The molecule has 6 aliphatic rings. The second kappa shape index (κ2) is 12.6. The SMILES string of the molecule is c1ccc(-c2nc(-n3c4ccccc4c4c5c(ccc43)C3c4ccccc4C5c4ccccc43)nc(-n3c4ccccc4c4c5c(ccc43)C3c4ccccc4C5c4ccccc43)n2)cc1. The molecule has 4 bridgehead atoms. The summed E-state index contributed by atoms with van der Waals surface area (Å²) in [5.74, 6) is 2.41. The molecule has 6 aliphatic carbocycles. The van der Waals surface area contributed by atoms with E-state index in [-0.39, 0.29) is 23.7 Å². The molecule has 0 radical (unpaired) electrons. The van der Waals surface area contributed by atoms with Crippen molar-refractivity contribution >= 4 is 43.6 Å². The molecule has 0 spiro atoms. The third-order valence-electron chi connectivity index (χ3n) is 15.5. The summed E-state index contributed by atoms with van der Waals surface area (Å²) in [5.41, 5.74) is 22.1. The standard InChI is InChI=1S/C61H37N5/c1-2-16-34(17-3-1)59-62-60(65-47-28-14-12-26-43(47)55-49(65)32-30-45-51-35-18-4-8-22-39(35)53(57(45)55)40-23-9-5-19-36(40)51)64-61(63-59)66-48-29-15-13-27-44(48)56-50(66)33-31-46-52-37-20-6-10-24-41(37)54(58(46)56)42-25-11-7-21-38(42)52/h1-33,51-54H. The van der Waals surface area contributed by atoms with Crippen LogP contribution in [-0.4, -0.2) is 24.1 Å². The number of hydrogen-bond donors (Lipinski definition) is 0. The van der Waals surface area contributed by atoms with Crippen LogP contribution in [0.5, 0.6) is 0 Å². The molecule has 0 amide bonds. The number of fused-ring (bicyclic) bond motifs is 6. The zero-order valence-corrected chi connectivity index (χ0v) is 35.6. The van der Waals surface area contributed by atoms with Crippen LogP contribution in [0.15, 0.2) is 200 Å². The van der Waals surface area contributed by atoms with Gasteiger partial charge in [-0.2, -0.15) is 15.0 Å². The molecule has 3 aromatic heterocycles. The van der Waals surface area contributed by atoms with Gasteiger partial charge in [-0.05, 0) is 91.0 Å². The summed E-state index contributed by atoms with van der Waals surface area (Å²) in [6.45, 7) is 0. The van der Waals surface area contributed by atoms with Crippen molar-refractivity contribution in [3.63, 3.8) is 0 Å². The first kappa shape index (κ1) is 35.0. The smallest absolute Gasteiger partial charge is 0.240 e. The number of benzene rings is 9. The van der Waals surface area contributed by atoms with Crippen LogP contribution < -0.4 is 0 Å². The third kappa shape index (κ3) is 4.33. The molecule has 5 heteroatoms. The summed E-state index contributed by atoms with van der Waals surface area (Å²) in [5, 5.41) is 4.94. The fraction of sp³-hybridized carbons (Fsp3) is 0.0656. The maximum absolute atomic E-state index is 5.61. The average molecular weight is 840 g/mol. The summed E-state index contributed by atoms with van der Waals surface area (Å²) in [6, 6.07) is 73.8. The van der Waals surface area contributed by atoms with Crippen LogP contribution in [0.1, 0.15) is 90.4 Å². The van der Waals surface area contributed by atoms with Crippen molar-refractivity contribution in [3.8, 4) is 23.3 Å². The van der Waals surface area contributed by atoms with Crippen LogP contribution in [0.2, 0.25) is 0 Å². The van der Waals surface area contributed by atoms with Crippen LogP contribution in [0.4, 0.5) is 0 Å². The van der Waals surface area contributed by atoms with Gasteiger partial charge in [0.15, 0.2) is 5.82 Å². The molecule has 0 saturated heterocycles. The van der Waals surface area contributed by atoms with Gasteiger partial charge in [0.05, 0.1) is 22.1 Å². The molecule has 0 saturated carbocycles. The van der Waals surface area contributed by atoms with Gasteiger partial charge in [0.25, 0.3) is 0 Å². The molecule has 66 heavy (non-hydrogen) atoms. The summed E-state index contributed by atoms with van der Waals surface area (Å²) in [6.07, 6.45) is 0. The van der Waals surface area contributed by atoms with E-state index in [0.29, 0.717) is 17.7 Å². The van der Waals surface area contributed by atoms with Gasteiger partial charge in [0.2, 0.25) is 11.9 Å². The Morgan fingerprint density at radius 1 is 0.273 bits per heavy atom. The van der Waals surface area contributed by atoms with Crippen molar-refractivity contribution in [1.29, 1.82) is 0 Å². The lowest BCUT2D eigenvalue weighted by molar-refractivity contribution is 0.761. The van der Waals surface area contributed by atoms with Crippen LogP contribution >= 0.6 is 0 Å². The molecule has 9 aromatic carbocycles. The van der Waals surface area contributed by atoms with Gasteiger partial charge in [0.1, 0.15) is 0 Å². The highest BCUT2D eigenvalue weighted by molar-refractivity contribution is 6.13. The zero-order valence-electron chi connectivity index (χ0n) is 35.6. The fourth-order valence-electron chi connectivity index (χ4n) is 13.1. The van der Waals surface area contributed by atoms with Gasteiger partial charge in [-0.1, -0.05) is 176 Å². The van der Waals surface area contributed by atoms with Crippen molar-refractivity contribution in [1.82, 2.24) is 24.1 Å². The first-order valence-electron chi connectivity index (χ1n) is 23.1. The minimum Gasteiger partial charge on any atom is -0.278 e. The van der Waals surface area contributed by atoms with E-state index in [4.69, 9.17) is 15.0 Å². The minimum absolute atomic E-state index is 0.117. The van der Waals surface area contributed by atoms with E-state index in [1.165, 1.54) is 88.3 Å². The topological polar surface area (TPSA) is 48.5 Å². The van der Waals surface area contributed by atoms with Crippen LogP contribution in [0.3, 0.4) is 0 Å². The Bertz CT molecular complexity index is 3760. The first-order valence-corrected chi connectivity index (χ1v) is 23.1. The molecule has 0 atom stereocenters. The summed E-state index contributed by atoms with van der Waals surface area (Å²) in [7, 11) is 0. The Hall–Kier alpha value is -8.41. The largest absolute Gasteiger partial charge is 0.278 e. The van der Waals surface area contributed by atoms with Crippen molar-refractivity contribution < 1.29 is 0 Å². The zero-order chi connectivity index (χ0) is 42.8. The van der Waals surface area contributed by atoms with Crippen LogP contribution in [-0.2, 0) is 0 Å². The highest BCUT2D eigenvalue weighted by Gasteiger charge is 2.44. The van der Waals surface area contributed by atoms with Gasteiger partial charge in [-0.25, -0.2) is 0 Å². The van der Waals surface area contributed by atoms with Crippen LogP contribution in [0, 0.1) is 0 Å². The van der Waals surface area contributed by atoms with E-state index in [9.17, 15) is 0 Å².